The maximum atomic E-state index is 12.4. The van der Waals surface area contributed by atoms with Crippen molar-refractivity contribution >= 4 is 23.6 Å². The molecule has 0 unspecified atom stereocenters. The molecule has 0 saturated carbocycles. The molecule has 3 rings (SSSR count). The lowest BCUT2D eigenvalue weighted by molar-refractivity contribution is -0.170. The first-order chi connectivity index (χ1) is 12.1. The number of hydrogen-bond acceptors (Lipinski definition) is 3. The minimum atomic E-state index is -0.530. The predicted octanol–water partition coefficient (Wildman–Crippen LogP) is 3.85. The van der Waals surface area contributed by atoms with Crippen LogP contribution in [0.25, 0.3) is 6.08 Å². The fourth-order valence-corrected chi connectivity index (χ4v) is 3.11. The Kier molecular flexibility index (Phi) is 5.18. The van der Waals surface area contributed by atoms with Crippen LogP contribution in [0.2, 0.25) is 5.02 Å². The zero-order valence-electron chi connectivity index (χ0n) is 13.7. The van der Waals surface area contributed by atoms with Gasteiger partial charge in [-0.1, -0.05) is 54.1 Å². The van der Waals surface area contributed by atoms with Gasteiger partial charge in [0.05, 0.1) is 18.7 Å². The van der Waals surface area contributed by atoms with Crippen LogP contribution in [-0.2, 0) is 9.53 Å². The fraction of sp³-hybridized carbons (Fsp3) is 0.200. The largest absolute Gasteiger partial charge is 0.369 e. The Balaban J connectivity index is 1.84. The fourth-order valence-electron chi connectivity index (χ4n) is 2.98. The van der Waals surface area contributed by atoms with Crippen molar-refractivity contribution in [1.82, 2.24) is 4.90 Å². The summed E-state index contributed by atoms with van der Waals surface area (Å²) in [6, 6.07) is 18.9. The summed E-state index contributed by atoms with van der Waals surface area (Å²) >= 11 is 5.95. The summed E-state index contributed by atoms with van der Waals surface area (Å²) in [4.78, 5) is 14.0. The Morgan fingerprint density at radius 1 is 1.24 bits per heavy atom. The lowest BCUT2D eigenvalue weighted by Gasteiger charge is -2.46. The Bertz CT molecular complexity index is 825. The van der Waals surface area contributed by atoms with E-state index >= 15 is 0 Å². The van der Waals surface area contributed by atoms with E-state index in [9.17, 15) is 10.1 Å². The molecule has 1 saturated heterocycles. The zero-order chi connectivity index (χ0) is 17.8. The SMILES string of the molecule is CO[C@@H]1C(=O)N(C/C(C#N)=C/c2ccccc2)[C@@H]1c1ccc(Cl)cc1. The van der Waals surface area contributed by atoms with Crippen LogP contribution in [0.15, 0.2) is 60.2 Å². The molecule has 1 fully saturated rings. The number of methoxy groups -OCH3 is 1. The number of β-lactam (4-membered cyclic amide) rings is 1. The number of rotatable bonds is 5. The first-order valence-corrected chi connectivity index (χ1v) is 8.26. The second-order valence-electron chi connectivity index (χ2n) is 5.81. The number of likely N-dealkylation sites (tertiary alicyclic amines) is 1. The van der Waals surface area contributed by atoms with Crippen LogP contribution in [0.1, 0.15) is 17.2 Å². The number of nitrogens with zero attached hydrogens (tertiary/aromatic N) is 2. The van der Waals surface area contributed by atoms with Crippen molar-refractivity contribution in [3.05, 3.63) is 76.3 Å². The van der Waals surface area contributed by atoms with Gasteiger partial charge in [-0.05, 0) is 29.3 Å². The molecule has 4 nitrogen and oxygen atoms in total. The van der Waals surface area contributed by atoms with Crippen LogP contribution in [0, 0.1) is 11.3 Å². The van der Waals surface area contributed by atoms with Gasteiger partial charge < -0.3 is 9.64 Å². The first-order valence-electron chi connectivity index (χ1n) is 7.88. The number of carbonyl (C=O) groups is 1. The van der Waals surface area contributed by atoms with Gasteiger partial charge in [0.2, 0.25) is 0 Å². The quantitative estimate of drug-likeness (QED) is 0.606. The summed E-state index contributed by atoms with van der Waals surface area (Å²) in [5.41, 5.74) is 2.39. The molecule has 2 aromatic rings. The van der Waals surface area contributed by atoms with Gasteiger partial charge in [0.25, 0.3) is 5.91 Å². The normalized spacial score (nSPS) is 20.1. The second kappa shape index (κ2) is 7.52. The Labute approximate surface area is 151 Å². The van der Waals surface area contributed by atoms with Gasteiger partial charge in [-0.3, -0.25) is 4.79 Å². The summed E-state index contributed by atoms with van der Waals surface area (Å²) in [6.45, 7) is 0.247. The highest BCUT2D eigenvalue weighted by atomic mass is 35.5. The minimum absolute atomic E-state index is 0.114. The Morgan fingerprint density at radius 3 is 2.52 bits per heavy atom. The van der Waals surface area contributed by atoms with Crippen LogP contribution in [0.3, 0.4) is 0 Å². The molecule has 2 aromatic carbocycles. The molecule has 0 N–H and O–H groups in total. The molecule has 25 heavy (non-hydrogen) atoms. The smallest absolute Gasteiger partial charge is 0.255 e. The van der Waals surface area contributed by atoms with E-state index in [0.717, 1.165) is 11.1 Å². The van der Waals surface area contributed by atoms with E-state index in [0.29, 0.717) is 10.6 Å². The summed E-state index contributed by atoms with van der Waals surface area (Å²) in [6.07, 6.45) is 1.27. The lowest BCUT2D eigenvalue weighted by Crippen LogP contribution is -2.59. The molecule has 0 radical (unpaired) electrons. The van der Waals surface area contributed by atoms with Crippen molar-refractivity contribution in [2.45, 2.75) is 12.1 Å². The number of hydrogen-bond donors (Lipinski definition) is 0. The summed E-state index contributed by atoms with van der Waals surface area (Å²) in [5, 5.41) is 10.1. The topological polar surface area (TPSA) is 53.3 Å². The maximum Gasteiger partial charge on any atom is 0.255 e. The Morgan fingerprint density at radius 2 is 1.92 bits per heavy atom. The van der Waals surface area contributed by atoms with Gasteiger partial charge in [-0.15, -0.1) is 0 Å². The Hall–Kier alpha value is -2.61. The number of amides is 1. The van der Waals surface area contributed by atoms with E-state index in [1.807, 2.05) is 42.5 Å². The number of nitriles is 1. The molecule has 2 atom stereocenters. The van der Waals surface area contributed by atoms with E-state index in [-0.39, 0.29) is 18.5 Å². The molecular formula is C20H17ClN2O2. The number of halogens is 1. The minimum Gasteiger partial charge on any atom is -0.369 e. The van der Waals surface area contributed by atoms with E-state index in [1.165, 1.54) is 7.11 Å². The van der Waals surface area contributed by atoms with E-state index in [4.69, 9.17) is 16.3 Å². The molecule has 0 bridgehead atoms. The molecule has 0 aromatic heterocycles. The standard InChI is InChI=1S/C20H17ClN2O2/c1-25-19-18(16-7-9-17(21)10-8-16)23(20(19)24)13-15(12-22)11-14-5-3-2-4-6-14/h2-11,18-19H,13H2,1H3/b15-11+/t18-,19+/m1/s1. The van der Waals surface area contributed by atoms with E-state index in [2.05, 4.69) is 6.07 Å². The average Bonchev–Trinajstić information content (AvgIpc) is 2.64. The third-order valence-electron chi connectivity index (χ3n) is 4.24. The van der Waals surface area contributed by atoms with E-state index < -0.39 is 6.10 Å². The highest BCUT2D eigenvalue weighted by Crippen LogP contribution is 2.37. The van der Waals surface area contributed by atoms with Gasteiger partial charge in [0.1, 0.15) is 0 Å². The number of ether oxygens (including phenoxy) is 1. The van der Waals surface area contributed by atoms with Crippen LogP contribution in [0.5, 0.6) is 0 Å². The van der Waals surface area contributed by atoms with Crippen molar-refractivity contribution in [3.8, 4) is 6.07 Å². The van der Waals surface area contributed by atoms with Crippen molar-refractivity contribution in [1.29, 1.82) is 5.26 Å². The van der Waals surface area contributed by atoms with Crippen molar-refractivity contribution < 1.29 is 9.53 Å². The second-order valence-corrected chi connectivity index (χ2v) is 6.25. The third kappa shape index (κ3) is 3.58. The molecular weight excluding hydrogens is 336 g/mol. The maximum absolute atomic E-state index is 12.4. The summed E-state index contributed by atoms with van der Waals surface area (Å²) in [5.74, 6) is -0.114. The third-order valence-corrected chi connectivity index (χ3v) is 4.49. The molecule has 126 valence electrons. The van der Waals surface area contributed by atoms with Crippen LogP contribution >= 0.6 is 11.6 Å². The molecule has 5 heteroatoms. The number of benzene rings is 2. The monoisotopic (exact) mass is 352 g/mol. The first kappa shape index (κ1) is 17.2. The van der Waals surface area contributed by atoms with Gasteiger partial charge in [-0.25, -0.2) is 0 Å². The van der Waals surface area contributed by atoms with Crippen LogP contribution in [0.4, 0.5) is 0 Å². The van der Waals surface area contributed by atoms with Crippen molar-refractivity contribution in [2.75, 3.05) is 13.7 Å². The van der Waals surface area contributed by atoms with Gasteiger partial charge in [-0.2, -0.15) is 5.26 Å². The summed E-state index contributed by atoms with van der Waals surface area (Å²) in [7, 11) is 1.52. The highest BCUT2D eigenvalue weighted by molar-refractivity contribution is 6.30. The zero-order valence-corrected chi connectivity index (χ0v) is 14.5. The van der Waals surface area contributed by atoms with Gasteiger partial charge in [0, 0.05) is 17.7 Å². The molecule has 1 heterocycles. The van der Waals surface area contributed by atoms with E-state index in [1.54, 1.807) is 23.1 Å². The molecule has 0 spiro atoms. The molecule has 1 aliphatic heterocycles. The average molecular weight is 353 g/mol. The van der Waals surface area contributed by atoms with Gasteiger partial charge in [0.15, 0.2) is 6.10 Å². The number of carbonyl (C=O) groups excluding carboxylic acids is 1. The summed E-state index contributed by atoms with van der Waals surface area (Å²) < 4.78 is 5.33. The van der Waals surface area contributed by atoms with Crippen LogP contribution < -0.4 is 0 Å². The van der Waals surface area contributed by atoms with Gasteiger partial charge >= 0.3 is 0 Å². The predicted molar refractivity (Wildman–Crippen MR) is 96.7 cm³/mol. The molecule has 1 aliphatic rings. The molecule has 0 aliphatic carbocycles. The highest BCUT2D eigenvalue weighted by Gasteiger charge is 2.48. The van der Waals surface area contributed by atoms with Crippen molar-refractivity contribution in [3.63, 3.8) is 0 Å². The molecule has 1 amide bonds. The van der Waals surface area contributed by atoms with Crippen LogP contribution in [-0.4, -0.2) is 30.6 Å². The lowest BCUT2D eigenvalue weighted by atomic mass is 9.90. The van der Waals surface area contributed by atoms with Crippen molar-refractivity contribution in [2.24, 2.45) is 0 Å².